The molecule has 1 aliphatic heterocycles. The van der Waals surface area contributed by atoms with Gasteiger partial charge in [0.05, 0.1) is 0 Å². The Kier molecular flexibility index (Phi) is 2.86. The number of halogens is 2. The van der Waals surface area contributed by atoms with E-state index in [1.807, 2.05) is 0 Å². The second kappa shape index (κ2) is 4.14. The molecule has 0 unspecified atom stereocenters. The maximum atomic E-state index is 13.4. The Bertz CT molecular complexity index is 440. The molecular weight excluding hydrogens is 218 g/mol. The molecule has 0 fully saturated rings. The highest BCUT2D eigenvalue weighted by atomic mass is 32.2. The molecule has 4 heteroatoms. The summed E-state index contributed by atoms with van der Waals surface area (Å²) in [6, 6.07) is 3.39. The van der Waals surface area contributed by atoms with Crippen LogP contribution in [0.5, 0.6) is 0 Å². The summed E-state index contributed by atoms with van der Waals surface area (Å²) in [4.78, 5) is 11.7. The Hall–Kier alpha value is -1.16. The van der Waals surface area contributed by atoms with Gasteiger partial charge >= 0.3 is 0 Å². The average molecular weight is 226 g/mol. The number of allylic oxidation sites excluding steroid dienone is 1. The third-order valence-corrected chi connectivity index (χ3v) is 3.15. The van der Waals surface area contributed by atoms with E-state index < -0.39 is 11.6 Å². The van der Waals surface area contributed by atoms with Crippen molar-refractivity contribution in [3.8, 4) is 0 Å². The fourth-order valence-electron chi connectivity index (χ4n) is 1.37. The maximum Gasteiger partial charge on any atom is 0.157 e. The van der Waals surface area contributed by atoms with Gasteiger partial charge in [-0.3, -0.25) is 4.79 Å². The van der Waals surface area contributed by atoms with E-state index in [-0.39, 0.29) is 5.78 Å². The van der Waals surface area contributed by atoms with E-state index >= 15 is 0 Å². The molecule has 78 valence electrons. The highest BCUT2D eigenvalue weighted by molar-refractivity contribution is 8.08. The number of thioether (sulfide) groups is 1. The Morgan fingerprint density at radius 3 is 2.73 bits per heavy atom. The van der Waals surface area contributed by atoms with Crippen LogP contribution in [-0.4, -0.2) is 11.5 Å². The molecule has 0 spiro atoms. The summed E-state index contributed by atoms with van der Waals surface area (Å²) >= 11 is 1.42. The number of ketones is 1. The predicted octanol–water partition coefficient (Wildman–Crippen LogP) is 3.01. The monoisotopic (exact) mass is 226 g/mol. The van der Waals surface area contributed by atoms with Gasteiger partial charge in [0.2, 0.25) is 0 Å². The molecule has 0 saturated heterocycles. The summed E-state index contributed by atoms with van der Waals surface area (Å²) in [5.74, 6) is -0.582. The van der Waals surface area contributed by atoms with Crippen LogP contribution in [0.25, 0.3) is 4.91 Å². The van der Waals surface area contributed by atoms with Crippen molar-refractivity contribution in [1.29, 1.82) is 0 Å². The van der Waals surface area contributed by atoms with Crippen molar-refractivity contribution >= 4 is 22.5 Å². The minimum atomic E-state index is -0.622. The molecule has 1 aromatic carbocycles. The van der Waals surface area contributed by atoms with Crippen LogP contribution in [-0.2, 0) is 4.79 Å². The van der Waals surface area contributed by atoms with E-state index in [2.05, 4.69) is 0 Å². The van der Waals surface area contributed by atoms with Gasteiger partial charge < -0.3 is 0 Å². The van der Waals surface area contributed by atoms with Gasteiger partial charge in [-0.15, -0.1) is 11.8 Å². The van der Waals surface area contributed by atoms with Crippen molar-refractivity contribution in [3.63, 3.8) is 0 Å². The van der Waals surface area contributed by atoms with E-state index in [0.717, 1.165) is 6.07 Å². The number of rotatable bonds is 1. The summed E-state index contributed by atoms with van der Waals surface area (Å²) in [5.41, 5.74) is 0.300. The van der Waals surface area contributed by atoms with E-state index in [9.17, 15) is 13.6 Å². The SMILES string of the molecule is O=C1C=C(c2ccc(F)cc2F)SCC1. The van der Waals surface area contributed by atoms with Crippen LogP contribution in [0.1, 0.15) is 12.0 Å². The van der Waals surface area contributed by atoms with Crippen molar-refractivity contribution < 1.29 is 13.6 Å². The van der Waals surface area contributed by atoms with Crippen LogP contribution in [0.15, 0.2) is 24.3 Å². The molecule has 15 heavy (non-hydrogen) atoms. The van der Waals surface area contributed by atoms with Crippen molar-refractivity contribution in [2.24, 2.45) is 0 Å². The van der Waals surface area contributed by atoms with Gasteiger partial charge in [0.1, 0.15) is 11.6 Å². The molecule has 0 N–H and O–H groups in total. The van der Waals surface area contributed by atoms with Gasteiger partial charge in [-0.1, -0.05) is 0 Å². The smallest absolute Gasteiger partial charge is 0.157 e. The normalized spacial score (nSPS) is 16.4. The third-order valence-electron chi connectivity index (χ3n) is 2.09. The van der Waals surface area contributed by atoms with E-state index in [4.69, 9.17) is 0 Å². The Labute approximate surface area is 90.2 Å². The van der Waals surface area contributed by atoms with E-state index in [1.165, 1.54) is 30.0 Å². The first-order chi connectivity index (χ1) is 7.16. The van der Waals surface area contributed by atoms with Crippen molar-refractivity contribution in [2.45, 2.75) is 6.42 Å². The van der Waals surface area contributed by atoms with Gasteiger partial charge in [-0.2, -0.15) is 0 Å². The number of hydrogen-bond donors (Lipinski definition) is 0. The number of hydrogen-bond acceptors (Lipinski definition) is 2. The third kappa shape index (κ3) is 2.26. The highest BCUT2D eigenvalue weighted by Gasteiger charge is 2.15. The second-order valence-corrected chi connectivity index (χ2v) is 4.33. The molecule has 1 aliphatic rings. The van der Waals surface area contributed by atoms with Crippen LogP contribution in [0.2, 0.25) is 0 Å². The van der Waals surface area contributed by atoms with Gasteiger partial charge in [-0.25, -0.2) is 8.78 Å². The largest absolute Gasteiger partial charge is 0.295 e. The van der Waals surface area contributed by atoms with Crippen LogP contribution in [0.3, 0.4) is 0 Å². The number of benzene rings is 1. The minimum absolute atomic E-state index is 0.00697. The zero-order valence-electron chi connectivity index (χ0n) is 7.80. The first kappa shape index (κ1) is 10.4. The summed E-state index contributed by atoms with van der Waals surface area (Å²) < 4.78 is 26.0. The molecule has 0 aliphatic carbocycles. The summed E-state index contributed by atoms with van der Waals surface area (Å²) in [6.45, 7) is 0. The lowest BCUT2D eigenvalue weighted by Crippen LogP contribution is -2.03. The van der Waals surface area contributed by atoms with Gasteiger partial charge in [0.25, 0.3) is 0 Å². The molecule has 1 nitrogen and oxygen atoms in total. The quantitative estimate of drug-likeness (QED) is 0.732. The first-order valence-corrected chi connectivity index (χ1v) is 5.48. The van der Waals surface area contributed by atoms with E-state index in [1.54, 1.807) is 0 Å². The average Bonchev–Trinajstić information content (AvgIpc) is 2.17. The van der Waals surface area contributed by atoms with E-state index in [0.29, 0.717) is 22.6 Å². The van der Waals surface area contributed by atoms with Crippen molar-refractivity contribution in [2.75, 3.05) is 5.75 Å². The van der Waals surface area contributed by atoms with Crippen LogP contribution < -0.4 is 0 Å². The predicted molar refractivity (Wildman–Crippen MR) is 56.4 cm³/mol. The molecule has 1 aromatic rings. The molecule has 0 bridgehead atoms. The van der Waals surface area contributed by atoms with Crippen molar-refractivity contribution in [1.82, 2.24) is 0 Å². The molecular formula is C11H8F2OS. The van der Waals surface area contributed by atoms with Crippen molar-refractivity contribution in [3.05, 3.63) is 41.5 Å². The fourth-order valence-corrected chi connectivity index (χ4v) is 2.43. The molecule has 0 saturated carbocycles. The van der Waals surface area contributed by atoms with Crippen LogP contribution >= 0.6 is 11.8 Å². The highest BCUT2D eigenvalue weighted by Crippen LogP contribution is 2.33. The van der Waals surface area contributed by atoms with Gasteiger partial charge in [0.15, 0.2) is 5.78 Å². The molecule has 0 aromatic heterocycles. The van der Waals surface area contributed by atoms with Gasteiger partial charge in [0, 0.05) is 28.7 Å². The lowest BCUT2D eigenvalue weighted by atomic mass is 10.1. The summed E-state index contributed by atoms with van der Waals surface area (Å²) in [7, 11) is 0. The Morgan fingerprint density at radius 2 is 2.07 bits per heavy atom. The molecule has 0 atom stereocenters. The summed E-state index contributed by atoms with van der Waals surface area (Å²) in [6.07, 6.45) is 1.90. The topological polar surface area (TPSA) is 17.1 Å². The molecule has 0 radical (unpaired) electrons. The first-order valence-electron chi connectivity index (χ1n) is 4.49. The lowest BCUT2D eigenvalue weighted by Gasteiger charge is -2.12. The molecule has 1 heterocycles. The fraction of sp³-hybridized carbons (Fsp3) is 0.182. The second-order valence-electron chi connectivity index (χ2n) is 3.20. The van der Waals surface area contributed by atoms with Gasteiger partial charge in [-0.05, 0) is 18.2 Å². The Balaban J connectivity index is 2.41. The Morgan fingerprint density at radius 1 is 1.27 bits per heavy atom. The lowest BCUT2D eigenvalue weighted by molar-refractivity contribution is -0.114. The zero-order valence-corrected chi connectivity index (χ0v) is 8.61. The summed E-state index contributed by atoms with van der Waals surface area (Å²) in [5, 5.41) is 0. The minimum Gasteiger partial charge on any atom is -0.295 e. The zero-order chi connectivity index (χ0) is 10.8. The number of carbonyl (C=O) groups is 1. The van der Waals surface area contributed by atoms with Crippen LogP contribution in [0, 0.1) is 11.6 Å². The molecule has 0 amide bonds. The van der Waals surface area contributed by atoms with Crippen LogP contribution in [0.4, 0.5) is 8.78 Å². The standard InChI is InChI=1S/C11H8F2OS/c12-7-1-2-9(10(13)5-7)11-6-8(14)3-4-15-11/h1-2,5-6H,3-4H2. The number of carbonyl (C=O) groups excluding carboxylic acids is 1. The molecule has 2 rings (SSSR count). The maximum absolute atomic E-state index is 13.4.